The largest absolute Gasteiger partial charge is 0.468 e. The molecule has 7 heteroatoms. The summed E-state index contributed by atoms with van der Waals surface area (Å²) in [5.41, 5.74) is 2.80. The van der Waals surface area contributed by atoms with E-state index < -0.39 is 5.97 Å². The maximum atomic E-state index is 11.9. The fraction of sp³-hybridized carbons (Fsp3) is 0.150. The van der Waals surface area contributed by atoms with Crippen LogP contribution in [0.1, 0.15) is 11.1 Å². The van der Waals surface area contributed by atoms with Crippen molar-refractivity contribution in [2.24, 2.45) is 0 Å². The molecule has 0 saturated heterocycles. The Kier molecular flexibility index (Phi) is 6.17. The third kappa shape index (κ3) is 5.15. The molecule has 0 bridgehead atoms. The molecule has 138 valence electrons. The lowest BCUT2D eigenvalue weighted by atomic mass is 10.2. The van der Waals surface area contributed by atoms with Crippen LogP contribution >= 0.6 is 11.3 Å². The minimum atomic E-state index is -0.494. The molecule has 3 aromatic rings. The van der Waals surface area contributed by atoms with Crippen LogP contribution in [0.5, 0.6) is 0 Å². The zero-order valence-electron chi connectivity index (χ0n) is 14.8. The summed E-state index contributed by atoms with van der Waals surface area (Å²) in [5, 5.41) is 9.15. The van der Waals surface area contributed by atoms with Crippen LogP contribution in [-0.2, 0) is 20.9 Å². The van der Waals surface area contributed by atoms with Crippen molar-refractivity contribution in [3.05, 3.63) is 71.2 Å². The van der Waals surface area contributed by atoms with Crippen LogP contribution in [0.15, 0.2) is 60.1 Å². The Hall–Kier alpha value is -3.19. The Labute approximate surface area is 161 Å². The van der Waals surface area contributed by atoms with Gasteiger partial charge in [0.05, 0.1) is 18.5 Å². The molecule has 1 amide bonds. The van der Waals surface area contributed by atoms with Crippen molar-refractivity contribution in [2.75, 3.05) is 13.7 Å². The number of nitrogens with one attached hydrogen (secondary N) is 1. The van der Waals surface area contributed by atoms with Gasteiger partial charge in [-0.3, -0.25) is 14.3 Å². The van der Waals surface area contributed by atoms with Crippen molar-refractivity contribution < 1.29 is 14.3 Å². The highest BCUT2D eigenvalue weighted by Gasteiger charge is 2.11. The maximum Gasteiger partial charge on any atom is 0.325 e. The van der Waals surface area contributed by atoms with E-state index in [0.717, 1.165) is 21.7 Å². The maximum absolute atomic E-state index is 11.9. The van der Waals surface area contributed by atoms with Crippen molar-refractivity contribution in [1.82, 2.24) is 15.1 Å². The molecule has 0 saturated carbocycles. The van der Waals surface area contributed by atoms with Crippen LogP contribution in [0.25, 0.3) is 16.6 Å². The van der Waals surface area contributed by atoms with Gasteiger partial charge >= 0.3 is 5.97 Å². The van der Waals surface area contributed by atoms with E-state index in [-0.39, 0.29) is 12.5 Å². The lowest BCUT2D eigenvalue weighted by molar-refractivity contribution is -0.140. The zero-order chi connectivity index (χ0) is 19.1. The Bertz CT molecular complexity index is 931. The lowest BCUT2D eigenvalue weighted by Gasteiger charge is -2.00. The van der Waals surface area contributed by atoms with E-state index in [1.54, 1.807) is 17.4 Å². The molecule has 0 aliphatic carbocycles. The molecule has 0 aliphatic heterocycles. The number of thiophene rings is 1. The Morgan fingerprint density at radius 2 is 2.04 bits per heavy atom. The summed E-state index contributed by atoms with van der Waals surface area (Å²) >= 11 is 1.59. The highest BCUT2D eigenvalue weighted by atomic mass is 32.1. The van der Waals surface area contributed by atoms with Crippen LogP contribution in [0.3, 0.4) is 0 Å². The highest BCUT2D eigenvalue weighted by molar-refractivity contribution is 7.13. The zero-order valence-corrected chi connectivity index (χ0v) is 15.6. The predicted octanol–water partition coefficient (Wildman–Crippen LogP) is 2.96. The smallest absolute Gasteiger partial charge is 0.325 e. The standard InChI is InChI=1S/C20H19N3O3S/c1-26-19(25)12-21-18(24)10-9-16-14-23(13-15-6-3-2-4-7-15)22-20(16)17-8-5-11-27-17/h2-11,14H,12-13H2,1H3,(H,21,24)/b10-9+. The van der Waals surface area contributed by atoms with Crippen molar-refractivity contribution in [3.63, 3.8) is 0 Å². The molecule has 2 aromatic heterocycles. The molecule has 6 nitrogen and oxygen atoms in total. The summed E-state index contributed by atoms with van der Waals surface area (Å²) < 4.78 is 6.36. The number of nitrogens with zero attached hydrogens (tertiary/aromatic N) is 2. The van der Waals surface area contributed by atoms with Crippen molar-refractivity contribution >= 4 is 29.3 Å². The van der Waals surface area contributed by atoms with E-state index in [0.29, 0.717) is 6.54 Å². The predicted molar refractivity (Wildman–Crippen MR) is 105 cm³/mol. The van der Waals surface area contributed by atoms with Crippen LogP contribution in [0.4, 0.5) is 0 Å². The van der Waals surface area contributed by atoms with Crippen LogP contribution in [0, 0.1) is 0 Å². The number of amides is 1. The number of methoxy groups -OCH3 is 1. The molecular formula is C20H19N3O3S. The third-order valence-corrected chi connectivity index (χ3v) is 4.66. The van der Waals surface area contributed by atoms with Gasteiger partial charge in [-0.05, 0) is 23.1 Å². The van der Waals surface area contributed by atoms with Crippen LogP contribution in [0.2, 0.25) is 0 Å². The van der Waals surface area contributed by atoms with Crippen LogP contribution in [-0.4, -0.2) is 35.3 Å². The second-order valence-electron chi connectivity index (χ2n) is 5.72. The monoisotopic (exact) mass is 381 g/mol. The lowest BCUT2D eigenvalue weighted by Crippen LogP contribution is -2.28. The van der Waals surface area contributed by atoms with Gasteiger partial charge in [0.25, 0.3) is 0 Å². The number of carbonyl (C=O) groups is 2. The molecule has 0 fully saturated rings. The number of hydrogen-bond acceptors (Lipinski definition) is 5. The summed E-state index contributed by atoms with van der Waals surface area (Å²) in [7, 11) is 1.28. The van der Waals surface area contributed by atoms with Gasteiger partial charge in [-0.2, -0.15) is 5.10 Å². The Morgan fingerprint density at radius 3 is 2.74 bits per heavy atom. The second-order valence-corrected chi connectivity index (χ2v) is 6.67. The number of rotatable bonds is 7. The van der Waals surface area contributed by atoms with Gasteiger partial charge in [0, 0.05) is 17.8 Å². The SMILES string of the molecule is COC(=O)CNC(=O)/C=C/c1cn(Cc2ccccc2)nc1-c1cccs1. The number of esters is 1. The summed E-state index contributed by atoms with van der Waals surface area (Å²) in [5.74, 6) is -0.861. The molecule has 3 rings (SSSR count). The number of carbonyl (C=O) groups excluding carboxylic acids is 2. The van der Waals surface area contributed by atoms with Gasteiger partial charge in [-0.25, -0.2) is 0 Å². The first kappa shape index (κ1) is 18.6. The molecule has 0 spiro atoms. The summed E-state index contributed by atoms with van der Waals surface area (Å²) in [6.45, 7) is 0.478. The van der Waals surface area contributed by atoms with Gasteiger partial charge in [0.2, 0.25) is 5.91 Å². The van der Waals surface area contributed by atoms with Crippen molar-refractivity contribution in [2.45, 2.75) is 6.54 Å². The normalized spacial score (nSPS) is 10.9. The molecule has 27 heavy (non-hydrogen) atoms. The Morgan fingerprint density at radius 1 is 1.22 bits per heavy atom. The average Bonchev–Trinajstić information content (AvgIpc) is 3.35. The summed E-state index contributed by atoms with van der Waals surface area (Å²) in [6, 6.07) is 14.0. The first-order chi connectivity index (χ1) is 13.2. The van der Waals surface area contributed by atoms with Gasteiger partial charge in [-0.15, -0.1) is 11.3 Å². The van der Waals surface area contributed by atoms with E-state index in [1.165, 1.54) is 13.2 Å². The minimum absolute atomic E-state index is 0.162. The third-order valence-electron chi connectivity index (χ3n) is 3.78. The molecule has 0 unspecified atom stereocenters. The van der Waals surface area contributed by atoms with Gasteiger partial charge < -0.3 is 10.1 Å². The first-order valence-corrected chi connectivity index (χ1v) is 9.21. The molecule has 1 N–H and O–H groups in total. The summed E-state index contributed by atoms with van der Waals surface area (Å²) in [6.07, 6.45) is 5.01. The van der Waals surface area contributed by atoms with E-state index >= 15 is 0 Å². The second kappa shape index (κ2) is 8.95. The van der Waals surface area contributed by atoms with E-state index in [4.69, 9.17) is 0 Å². The number of ether oxygens (including phenoxy) is 1. The molecular weight excluding hydrogens is 362 g/mol. The van der Waals surface area contributed by atoms with E-state index in [9.17, 15) is 9.59 Å². The van der Waals surface area contributed by atoms with Gasteiger partial charge in [0.1, 0.15) is 12.2 Å². The summed E-state index contributed by atoms with van der Waals surface area (Å²) in [4.78, 5) is 24.0. The first-order valence-electron chi connectivity index (χ1n) is 8.33. The number of benzene rings is 1. The van der Waals surface area contributed by atoms with Gasteiger partial charge in [-0.1, -0.05) is 36.4 Å². The Balaban J connectivity index is 1.79. The van der Waals surface area contributed by atoms with Gasteiger partial charge in [0.15, 0.2) is 0 Å². The van der Waals surface area contributed by atoms with E-state index in [2.05, 4.69) is 15.2 Å². The molecule has 1 aromatic carbocycles. The fourth-order valence-electron chi connectivity index (χ4n) is 2.47. The van der Waals surface area contributed by atoms with Crippen molar-refractivity contribution in [1.29, 1.82) is 0 Å². The molecule has 0 radical (unpaired) electrons. The minimum Gasteiger partial charge on any atom is -0.468 e. The number of hydrogen-bond donors (Lipinski definition) is 1. The van der Waals surface area contributed by atoms with Crippen molar-refractivity contribution in [3.8, 4) is 10.6 Å². The number of aromatic nitrogens is 2. The van der Waals surface area contributed by atoms with E-state index in [1.807, 2.05) is 58.7 Å². The molecule has 0 aliphatic rings. The van der Waals surface area contributed by atoms with Crippen LogP contribution < -0.4 is 5.32 Å². The topological polar surface area (TPSA) is 73.2 Å². The average molecular weight is 381 g/mol. The molecule has 0 atom stereocenters. The quantitative estimate of drug-likeness (QED) is 0.504. The highest BCUT2D eigenvalue weighted by Crippen LogP contribution is 2.27. The fourth-order valence-corrected chi connectivity index (χ4v) is 3.20. The molecule has 2 heterocycles.